The maximum atomic E-state index is 10.1. The Balaban J connectivity index is 2.02. The van der Waals surface area contributed by atoms with Crippen LogP contribution in [0.3, 0.4) is 0 Å². The molecule has 3 N–H and O–H groups in total. The minimum atomic E-state index is -1.21. The molecule has 9 nitrogen and oxygen atoms in total. The van der Waals surface area contributed by atoms with Crippen molar-refractivity contribution in [3.63, 3.8) is 0 Å². The van der Waals surface area contributed by atoms with Crippen LogP contribution in [0.5, 0.6) is 5.88 Å². The Hall–Kier alpha value is -1.81. The molecule has 0 radical (unpaired) electrons. The molecule has 5 atom stereocenters. The maximum Gasteiger partial charge on any atom is 0.245 e. The molecule has 0 saturated carbocycles. The van der Waals surface area contributed by atoms with Crippen molar-refractivity contribution in [3.8, 4) is 5.88 Å². The van der Waals surface area contributed by atoms with Crippen LogP contribution >= 0.6 is 0 Å². The summed E-state index contributed by atoms with van der Waals surface area (Å²) in [6.45, 7) is 1.49. The molecule has 3 heterocycles. The third-order valence-electron chi connectivity index (χ3n) is 3.54. The van der Waals surface area contributed by atoms with E-state index in [1.165, 1.54) is 31.3 Å². The molecule has 0 aromatic carbocycles. The number of methoxy groups -OCH3 is 1. The van der Waals surface area contributed by atoms with Gasteiger partial charge in [-0.15, -0.1) is 0 Å². The molecule has 0 aliphatic carbocycles. The van der Waals surface area contributed by atoms with Crippen molar-refractivity contribution in [1.29, 1.82) is 0 Å². The third-order valence-corrected chi connectivity index (χ3v) is 3.54. The highest BCUT2D eigenvalue weighted by Gasteiger charge is 2.46. The van der Waals surface area contributed by atoms with Crippen LogP contribution < -0.4 is 4.74 Å². The van der Waals surface area contributed by atoms with E-state index in [2.05, 4.69) is 15.0 Å². The summed E-state index contributed by atoms with van der Waals surface area (Å²) in [6, 6.07) is 0. The summed E-state index contributed by atoms with van der Waals surface area (Å²) in [6.07, 6.45) is -2.37. The summed E-state index contributed by atoms with van der Waals surface area (Å²) >= 11 is 0. The van der Waals surface area contributed by atoms with Gasteiger partial charge in [-0.3, -0.25) is 4.57 Å². The molecule has 2 aromatic heterocycles. The van der Waals surface area contributed by atoms with Gasteiger partial charge in [-0.25, -0.2) is 9.97 Å². The number of aliphatic hydroxyl groups excluding tert-OH is 3. The summed E-state index contributed by atoms with van der Waals surface area (Å²) in [5, 5.41) is 29.7. The molecule has 114 valence electrons. The van der Waals surface area contributed by atoms with Gasteiger partial charge in [0.25, 0.3) is 0 Å². The molecular weight excluding hydrogens is 280 g/mol. The topological polar surface area (TPSA) is 123 Å². The zero-order valence-electron chi connectivity index (χ0n) is 11.5. The van der Waals surface area contributed by atoms with E-state index in [1.54, 1.807) is 0 Å². The fourth-order valence-electron chi connectivity index (χ4n) is 2.48. The molecule has 1 fully saturated rings. The molecule has 2 aromatic rings. The summed E-state index contributed by atoms with van der Waals surface area (Å²) in [5.74, 6) is 0.305. The van der Waals surface area contributed by atoms with Gasteiger partial charge in [0.05, 0.1) is 19.5 Å². The summed E-state index contributed by atoms with van der Waals surface area (Å²) in [4.78, 5) is 12.2. The number of nitrogens with zero attached hydrogens (tertiary/aromatic N) is 4. The number of hydrogen-bond acceptors (Lipinski definition) is 8. The Morgan fingerprint density at radius 1 is 1.29 bits per heavy atom. The molecule has 9 heteroatoms. The van der Waals surface area contributed by atoms with E-state index in [-0.39, 0.29) is 0 Å². The van der Waals surface area contributed by atoms with E-state index < -0.39 is 30.6 Å². The van der Waals surface area contributed by atoms with Crippen LogP contribution in [0.15, 0.2) is 12.7 Å². The predicted octanol–water partition coefficient (Wildman–Crippen LogP) is -1.17. The van der Waals surface area contributed by atoms with Gasteiger partial charge in [0.15, 0.2) is 17.4 Å². The Labute approximate surface area is 119 Å². The second kappa shape index (κ2) is 5.19. The van der Waals surface area contributed by atoms with Crippen molar-refractivity contribution in [3.05, 3.63) is 12.7 Å². The number of hydrogen-bond donors (Lipinski definition) is 3. The van der Waals surface area contributed by atoms with Gasteiger partial charge >= 0.3 is 0 Å². The van der Waals surface area contributed by atoms with Crippen LogP contribution in [0.1, 0.15) is 13.2 Å². The van der Waals surface area contributed by atoms with Crippen molar-refractivity contribution in [1.82, 2.24) is 19.5 Å². The third kappa shape index (κ3) is 2.14. The molecule has 1 aliphatic heterocycles. The molecule has 1 saturated heterocycles. The fraction of sp³-hybridized carbons (Fsp3) is 0.583. The first kappa shape index (κ1) is 14.1. The average Bonchev–Trinajstić information content (AvgIpc) is 3.01. The van der Waals surface area contributed by atoms with Crippen LogP contribution in [0.2, 0.25) is 0 Å². The van der Waals surface area contributed by atoms with Gasteiger partial charge < -0.3 is 24.8 Å². The Morgan fingerprint density at radius 2 is 2.05 bits per heavy atom. The number of aromatic nitrogens is 4. The minimum absolute atomic E-state index is 0.305. The lowest BCUT2D eigenvalue weighted by atomic mass is 10.1. The fourth-order valence-corrected chi connectivity index (χ4v) is 2.48. The Kier molecular flexibility index (Phi) is 3.49. The SMILES string of the molecule is COc1ncnc2c1ncn2[C@@H]1O[C@H]([C@@H](C)O)[C@@H](O)[C@H]1O. The maximum absolute atomic E-state index is 10.1. The number of aliphatic hydroxyl groups is 3. The van der Waals surface area contributed by atoms with E-state index in [0.717, 1.165) is 0 Å². The summed E-state index contributed by atoms with van der Waals surface area (Å²) in [5.41, 5.74) is 0.829. The number of fused-ring (bicyclic) bond motifs is 1. The predicted molar refractivity (Wildman–Crippen MR) is 69.5 cm³/mol. The first-order chi connectivity index (χ1) is 10.0. The van der Waals surface area contributed by atoms with Crippen LogP contribution in [0.25, 0.3) is 11.2 Å². The van der Waals surface area contributed by atoms with Gasteiger partial charge in [-0.1, -0.05) is 0 Å². The zero-order chi connectivity index (χ0) is 15.1. The quantitative estimate of drug-likeness (QED) is 0.648. The second-order valence-corrected chi connectivity index (χ2v) is 4.92. The standard InChI is InChI=1S/C12H16N4O5/c1-5(17)9-7(18)8(19)12(21-9)16-4-15-6-10(16)13-3-14-11(6)20-2/h3-5,7-9,12,17-19H,1-2H3/t5-,7+,8-,9-,12-/m1/s1. The molecule has 1 aliphatic rings. The first-order valence-electron chi connectivity index (χ1n) is 6.45. The van der Waals surface area contributed by atoms with Crippen molar-refractivity contribution < 1.29 is 24.8 Å². The van der Waals surface area contributed by atoms with Crippen molar-refractivity contribution in [2.45, 2.75) is 37.6 Å². The van der Waals surface area contributed by atoms with Gasteiger partial charge in [-0.2, -0.15) is 4.98 Å². The van der Waals surface area contributed by atoms with Gasteiger partial charge in [0.1, 0.15) is 24.6 Å². The van der Waals surface area contributed by atoms with E-state index in [1.807, 2.05) is 0 Å². The van der Waals surface area contributed by atoms with E-state index >= 15 is 0 Å². The lowest BCUT2D eigenvalue weighted by molar-refractivity contribution is -0.0777. The lowest BCUT2D eigenvalue weighted by Gasteiger charge is -2.17. The van der Waals surface area contributed by atoms with Crippen LogP contribution in [-0.4, -0.2) is 66.4 Å². The summed E-state index contributed by atoms with van der Waals surface area (Å²) < 4.78 is 12.1. The van der Waals surface area contributed by atoms with Crippen LogP contribution in [-0.2, 0) is 4.74 Å². The van der Waals surface area contributed by atoms with E-state index in [0.29, 0.717) is 17.0 Å². The molecule has 3 rings (SSSR count). The molecular formula is C12H16N4O5. The van der Waals surface area contributed by atoms with Gasteiger partial charge in [0.2, 0.25) is 5.88 Å². The number of ether oxygens (including phenoxy) is 2. The summed E-state index contributed by atoms with van der Waals surface area (Å²) in [7, 11) is 1.47. The highest BCUT2D eigenvalue weighted by molar-refractivity contribution is 5.76. The molecule has 0 unspecified atom stereocenters. The zero-order valence-corrected chi connectivity index (χ0v) is 11.5. The van der Waals surface area contributed by atoms with Crippen molar-refractivity contribution in [2.24, 2.45) is 0 Å². The molecule has 0 spiro atoms. The molecule has 21 heavy (non-hydrogen) atoms. The first-order valence-corrected chi connectivity index (χ1v) is 6.45. The largest absolute Gasteiger partial charge is 0.479 e. The highest BCUT2D eigenvalue weighted by Crippen LogP contribution is 2.33. The lowest BCUT2D eigenvalue weighted by Crippen LogP contribution is -2.37. The Morgan fingerprint density at radius 3 is 2.67 bits per heavy atom. The van der Waals surface area contributed by atoms with Crippen LogP contribution in [0.4, 0.5) is 0 Å². The van der Waals surface area contributed by atoms with Crippen molar-refractivity contribution >= 4 is 11.2 Å². The molecule has 0 bridgehead atoms. The van der Waals surface area contributed by atoms with Crippen LogP contribution in [0, 0.1) is 0 Å². The minimum Gasteiger partial charge on any atom is -0.479 e. The second-order valence-electron chi connectivity index (χ2n) is 4.92. The van der Waals surface area contributed by atoms with Gasteiger partial charge in [0, 0.05) is 0 Å². The Bertz CT molecular complexity index is 646. The van der Waals surface area contributed by atoms with Crippen molar-refractivity contribution in [2.75, 3.05) is 7.11 Å². The number of rotatable bonds is 3. The monoisotopic (exact) mass is 296 g/mol. The van der Waals surface area contributed by atoms with Gasteiger partial charge in [-0.05, 0) is 6.92 Å². The smallest absolute Gasteiger partial charge is 0.245 e. The average molecular weight is 296 g/mol. The van der Waals surface area contributed by atoms with E-state index in [4.69, 9.17) is 9.47 Å². The number of imidazole rings is 1. The highest BCUT2D eigenvalue weighted by atomic mass is 16.6. The molecule has 0 amide bonds. The van der Waals surface area contributed by atoms with E-state index in [9.17, 15) is 15.3 Å². The normalized spacial score (nSPS) is 30.7.